The number of carbonyl (C=O) groups is 3. The van der Waals surface area contributed by atoms with Gasteiger partial charge in [-0.1, -0.05) is 54.6 Å². The molecule has 1 saturated heterocycles. The van der Waals surface area contributed by atoms with Crippen LogP contribution < -0.4 is 4.90 Å². The number of amides is 3. The van der Waals surface area contributed by atoms with E-state index in [1.54, 1.807) is 34.9 Å². The molecule has 1 aliphatic rings. The zero-order chi connectivity index (χ0) is 37.2. The summed E-state index contributed by atoms with van der Waals surface area (Å²) in [5.74, 6) is -0.821. The highest BCUT2D eigenvalue weighted by molar-refractivity contribution is 5.95. The second-order valence-corrected chi connectivity index (χ2v) is 13.6. The molecule has 3 aromatic rings. The van der Waals surface area contributed by atoms with Gasteiger partial charge in [-0.15, -0.1) is 0 Å². The number of anilines is 1. The molecule has 9 nitrogen and oxygen atoms in total. The molecule has 0 aliphatic carbocycles. The molecule has 0 N–H and O–H groups in total. The van der Waals surface area contributed by atoms with E-state index in [0.717, 1.165) is 42.0 Å². The van der Waals surface area contributed by atoms with Crippen molar-refractivity contribution in [1.82, 2.24) is 14.7 Å². The predicted octanol–water partition coefficient (Wildman–Crippen LogP) is 6.52. The first-order valence-electron chi connectivity index (χ1n) is 16.9. The molecular formula is C39H47F3N4O5. The highest BCUT2D eigenvalue weighted by atomic mass is 19.4. The third kappa shape index (κ3) is 11.9. The summed E-state index contributed by atoms with van der Waals surface area (Å²) in [6.07, 6.45) is -2.06. The fourth-order valence-corrected chi connectivity index (χ4v) is 5.48. The lowest BCUT2D eigenvalue weighted by Crippen LogP contribution is -2.51. The zero-order valence-electron chi connectivity index (χ0n) is 29.9. The molecule has 12 heteroatoms. The third-order valence-corrected chi connectivity index (χ3v) is 8.39. The van der Waals surface area contributed by atoms with Crippen LogP contribution in [0.2, 0.25) is 0 Å². The summed E-state index contributed by atoms with van der Waals surface area (Å²) in [5, 5.41) is 0. The third-order valence-electron chi connectivity index (χ3n) is 8.39. The minimum absolute atomic E-state index is 0.0917. The van der Waals surface area contributed by atoms with Crippen LogP contribution in [0.4, 0.5) is 23.7 Å². The van der Waals surface area contributed by atoms with Crippen molar-refractivity contribution in [3.8, 4) is 0 Å². The Morgan fingerprint density at radius 1 is 0.843 bits per heavy atom. The molecule has 1 heterocycles. The van der Waals surface area contributed by atoms with Crippen molar-refractivity contribution in [3.63, 3.8) is 0 Å². The van der Waals surface area contributed by atoms with E-state index in [4.69, 9.17) is 9.47 Å². The van der Waals surface area contributed by atoms with Crippen molar-refractivity contribution >= 4 is 29.7 Å². The fraction of sp³-hybridized carbons (Fsp3) is 0.410. The SMILES string of the molecule is CN(CCN(C)C(=O)[C@H](Cc1ccccc1)N(Cc1ccc(N2CCOCC2)cc1)C(=O)/C=C/c1ccc(C(F)(F)F)cc1)C(=O)OC(C)(C)C. The number of benzene rings is 3. The van der Waals surface area contributed by atoms with Gasteiger partial charge in [0.2, 0.25) is 11.8 Å². The Morgan fingerprint density at radius 3 is 2.04 bits per heavy atom. The Hall–Kier alpha value is -4.84. The average molecular weight is 709 g/mol. The molecule has 0 unspecified atom stereocenters. The maximum atomic E-state index is 14.3. The lowest BCUT2D eigenvalue weighted by molar-refractivity contribution is -0.143. The highest BCUT2D eigenvalue weighted by Gasteiger charge is 2.33. The van der Waals surface area contributed by atoms with Gasteiger partial charge in [0.1, 0.15) is 11.6 Å². The lowest BCUT2D eigenvalue weighted by Gasteiger charge is -2.34. The molecular weight excluding hydrogens is 661 g/mol. The minimum Gasteiger partial charge on any atom is -0.444 e. The smallest absolute Gasteiger partial charge is 0.416 e. The maximum Gasteiger partial charge on any atom is 0.416 e. The Kier molecular flexibility index (Phi) is 13.3. The molecule has 274 valence electrons. The largest absolute Gasteiger partial charge is 0.444 e. The van der Waals surface area contributed by atoms with Gasteiger partial charge in [-0.05, 0) is 67.8 Å². The molecule has 1 atom stereocenters. The molecule has 4 rings (SSSR count). The summed E-state index contributed by atoms with van der Waals surface area (Å²) < 4.78 is 50.3. The number of halogens is 3. The molecule has 0 spiro atoms. The molecule has 0 radical (unpaired) electrons. The Morgan fingerprint density at radius 2 is 1.45 bits per heavy atom. The first kappa shape index (κ1) is 39.0. The van der Waals surface area contributed by atoms with Crippen molar-refractivity contribution in [2.75, 3.05) is 58.4 Å². The van der Waals surface area contributed by atoms with Crippen molar-refractivity contribution < 1.29 is 37.0 Å². The first-order valence-corrected chi connectivity index (χ1v) is 16.9. The van der Waals surface area contributed by atoms with E-state index >= 15 is 0 Å². The van der Waals surface area contributed by atoms with Gasteiger partial charge in [-0.3, -0.25) is 9.59 Å². The number of hydrogen-bond acceptors (Lipinski definition) is 6. The van der Waals surface area contributed by atoms with Crippen LogP contribution in [-0.2, 0) is 38.2 Å². The minimum atomic E-state index is -4.48. The summed E-state index contributed by atoms with van der Waals surface area (Å²) in [6, 6.07) is 20.7. The zero-order valence-corrected chi connectivity index (χ0v) is 29.9. The highest BCUT2D eigenvalue weighted by Crippen LogP contribution is 2.29. The first-order chi connectivity index (χ1) is 24.1. The fourth-order valence-electron chi connectivity index (χ4n) is 5.48. The van der Waals surface area contributed by atoms with E-state index in [9.17, 15) is 27.6 Å². The van der Waals surface area contributed by atoms with Gasteiger partial charge >= 0.3 is 12.3 Å². The summed E-state index contributed by atoms with van der Waals surface area (Å²) in [4.78, 5) is 47.6. The molecule has 1 fully saturated rings. The van der Waals surface area contributed by atoms with E-state index < -0.39 is 35.4 Å². The van der Waals surface area contributed by atoms with Crippen LogP contribution in [0.5, 0.6) is 0 Å². The number of ether oxygens (including phenoxy) is 2. The van der Waals surface area contributed by atoms with Gasteiger partial charge in [0.25, 0.3) is 0 Å². The van der Waals surface area contributed by atoms with Crippen molar-refractivity contribution in [2.45, 2.75) is 51.6 Å². The number of carbonyl (C=O) groups excluding carboxylic acids is 3. The van der Waals surface area contributed by atoms with Crippen LogP contribution in [-0.4, -0.2) is 97.7 Å². The maximum absolute atomic E-state index is 14.3. The number of nitrogens with zero attached hydrogens (tertiary/aromatic N) is 4. The number of likely N-dealkylation sites (N-methyl/N-ethyl adjacent to an activating group) is 2. The number of rotatable bonds is 12. The Bertz CT molecular complexity index is 1620. The Balaban J connectivity index is 1.63. The van der Waals surface area contributed by atoms with Gasteiger partial charge < -0.3 is 29.1 Å². The topological polar surface area (TPSA) is 82.6 Å². The van der Waals surface area contributed by atoms with Crippen LogP contribution >= 0.6 is 0 Å². The van der Waals surface area contributed by atoms with E-state index in [-0.39, 0.29) is 32.0 Å². The van der Waals surface area contributed by atoms with Gasteiger partial charge in [0.05, 0.1) is 18.8 Å². The summed E-state index contributed by atoms with van der Waals surface area (Å²) in [7, 11) is 3.22. The van der Waals surface area contributed by atoms with Gasteiger partial charge in [-0.2, -0.15) is 13.2 Å². The quantitative estimate of drug-likeness (QED) is 0.200. The molecule has 51 heavy (non-hydrogen) atoms. The van der Waals surface area contributed by atoms with Crippen LogP contribution in [0.25, 0.3) is 6.08 Å². The Labute approximate surface area is 298 Å². The van der Waals surface area contributed by atoms with Crippen molar-refractivity contribution in [3.05, 3.63) is 107 Å². The molecule has 3 amide bonds. The van der Waals surface area contributed by atoms with Crippen LogP contribution in [0.15, 0.2) is 84.9 Å². The van der Waals surface area contributed by atoms with Crippen molar-refractivity contribution in [2.24, 2.45) is 0 Å². The van der Waals surface area contributed by atoms with Crippen LogP contribution in [0.1, 0.15) is 43.0 Å². The van der Waals surface area contributed by atoms with E-state index in [0.29, 0.717) is 18.8 Å². The second kappa shape index (κ2) is 17.4. The number of morpholine rings is 1. The molecule has 0 saturated carbocycles. The van der Waals surface area contributed by atoms with E-state index in [1.807, 2.05) is 54.6 Å². The lowest BCUT2D eigenvalue weighted by atomic mass is 10.0. The summed E-state index contributed by atoms with van der Waals surface area (Å²) in [6.45, 7) is 8.60. The molecule has 3 aromatic carbocycles. The van der Waals surface area contributed by atoms with Gasteiger partial charge in [0, 0.05) is 65.0 Å². The van der Waals surface area contributed by atoms with Gasteiger partial charge in [-0.25, -0.2) is 4.79 Å². The predicted molar refractivity (Wildman–Crippen MR) is 191 cm³/mol. The normalized spacial score (nSPS) is 14.2. The van der Waals surface area contributed by atoms with E-state index in [2.05, 4.69) is 4.90 Å². The van der Waals surface area contributed by atoms with Crippen LogP contribution in [0, 0.1) is 0 Å². The summed E-state index contributed by atoms with van der Waals surface area (Å²) in [5.41, 5.74) is 1.58. The van der Waals surface area contributed by atoms with Crippen LogP contribution in [0.3, 0.4) is 0 Å². The number of alkyl halides is 3. The van der Waals surface area contributed by atoms with Gasteiger partial charge in [0.15, 0.2) is 0 Å². The van der Waals surface area contributed by atoms with Crippen molar-refractivity contribution in [1.29, 1.82) is 0 Å². The second-order valence-electron chi connectivity index (χ2n) is 13.6. The average Bonchev–Trinajstić information content (AvgIpc) is 3.10. The summed E-state index contributed by atoms with van der Waals surface area (Å²) >= 11 is 0. The van der Waals surface area contributed by atoms with E-state index in [1.165, 1.54) is 39.0 Å². The molecule has 0 bridgehead atoms. The number of hydrogen-bond donors (Lipinski definition) is 0. The monoisotopic (exact) mass is 708 g/mol. The molecule has 1 aliphatic heterocycles. The standard InChI is InChI=1S/C39H47F3N4O5/c1-38(2,3)51-37(49)44(5)22-21-43(4)36(48)34(27-30-9-7-6-8-10-30)46(28-31-13-18-33(19-14-31)45-23-25-50-26-24-45)35(47)20-15-29-11-16-32(17-12-29)39(40,41)42/h6-20,34H,21-28H2,1-5H3/b20-15+/t34-/m0/s1. The molecule has 0 aromatic heterocycles.